The standard InChI is InChI=1S/C22H35N5O/c1-16(2)21-23-12-17(13-24-21)14-26-10-7-20(8-11-26)27-9-3-4-18(15-27)22(28)25-19-5-6-19/h12-13,16,18-20H,3-11,14-15H2,1-2H3,(H,25,28)/t18-/m1/s1. The molecule has 154 valence electrons. The van der Waals surface area contributed by atoms with Crippen LogP contribution in [-0.2, 0) is 11.3 Å². The normalized spacial score (nSPS) is 25.2. The Hall–Kier alpha value is -1.53. The maximum Gasteiger partial charge on any atom is 0.224 e. The number of piperidine rings is 2. The van der Waals surface area contributed by atoms with Crippen molar-refractivity contribution >= 4 is 5.91 Å². The minimum Gasteiger partial charge on any atom is -0.353 e. The highest BCUT2D eigenvalue weighted by Crippen LogP contribution is 2.26. The van der Waals surface area contributed by atoms with Crippen LogP contribution in [0.3, 0.4) is 0 Å². The van der Waals surface area contributed by atoms with Crippen molar-refractivity contribution in [2.75, 3.05) is 26.2 Å². The molecule has 3 heterocycles. The van der Waals surface area contributed by atoms with Crippen LogP contribution in [0.25, 0.3) is 0 Å². The smallest absolute Gasteiger partial charge is 0.224 e. The number of nitrogens with zero attached hydrogens (tertiary/aromatic N) is 4. The highest BCUT2D eigenvalue weighted by molar-refractivity contribution is 5.79. The number of hydrogen-bond acceptors (Lipinski definition) is 5. The molecule has 1 aromatic heterocycles. The van der Waals surface area contributed by atoms with Crippen molar-refractivity contribution in [3.05, 3.63) is 23.8 Å². The van der Waals surface area contributed by atoms with E-state index in [4.69, 9.17) is 0 Å². The molecule has 1 amide bonds. The van der Waals surface area contributed by atoms with E-state index in [0.29, 0.717) is 23.9 Å². The van der Waals surface area contributed by atoms with Crippen LogP contribution in [0.5, 0.6) is 0 Å². The van der Waals surface area contributed by atoms with Crippen molar-refractivity contribution in [3.63, 3.8) is 0 Å². The molecular formula is C22H35N5O. The first kappa shape index (κ1) is 19.8. The fraction of sp³-hybridized carbons (Fsp3) is 0.773. The molecule has 0 unspecified atom stereocenters. The third-order valence-corrected chi connectivity index (χ3v) is 6.47. The molecule has 3 fully saturated rings. The third-order valence-electron chi connectivity index (χ3n) is 6.47. The Morgan fingerprint density at radius 2 is 1.82 bits per heavy atom. The molecule has 1 aromatic rings. The third kappa shape index (κ3) is 5.09. The van der Waals surface area contributed by atoms with Crippen molar-refractivity contribution in [1.82, 2.24) is 25.1 Å². The SMILES string of the molecule is CC(C)c1ncc(CN2CCC(N3CCC[C@@H](C(=O)NC4CC4)C3)CC2)cn1. The van der Waals surface area contributed by atoms with E-state index < -0.39 is 0 Å². The highest BCUT2D eigenvalue weighted by Gasteiger charge is 2.33. The molecule has 0 radical (unpaired) electrons. The van der Waals surface area contributed by atoms with Gasteiger partial charge in [-0.05, 0) is 58.2 Å². The summed E-state index contributed by atoms with van der Waals surface area (Å²) >= 11 is 0. The monoisotopic (exact) mass is 385 g/mol. The lowest BCUT2D eigenvalue weighted by atomic mass is 9.93. The quantitative estimate of drug-likeness (QED) is 0.815. The molecule has 1 N–H and O–H groups in total. The Morgan fingerprint density at radius 3 is 2.46 bits per heavy atom. The molecule has 3 aliphatic rings. The Bertz CT molecular complexity index is 649. The van der Waals surface area contributed by atoms with E-state index in [0.717, 1.165) is 51.4 Å². The summed E-state index contributed by atoms with van der Waals surface area (Å²) < 4.78 is 0. The number of hydrogen-bond donors (Lipinski definition) is 1. The summed E-state index contributed by atoms with van der Waals surface area (Å²) in [5.41, 5.74) is 1.21. The zero-order valence-electron chi connectivity index (χ0n) is 17.4. The summed E-state index contributed by atoms with van der Waals surface area (Å²) in [4.78, 5) is 26.6. The average Bonchev–Trinajstić information content (AvgIpc) is 3.53. The fourth-order valence-electron chi connectivity index (χ4n) is 4.54. The maximum absolute atomic E-state index is 12.4. The summed E-state index contributed by atoms with van der Waals surface area (Å²) in [6, 6.07) is 1.11. The van der Waals surface area contributed by atoms with Crippen LogP contribution in [0.4, 0.5) is 0 Å². The van der Waals surface area contributed by atoms with E-state index in [1.807, 2.05) is 12.4 Å². The lowest BCUT2D eigenvalue weighted by Gasteiger charge is -2.42. The second-order valence-electron chi connectivity index (χ2n) is 9.23. The van der Waals surface area contributed by atoms with E-state index >= 15 is 0 Å². The van der Waals surface area contributed by atoms with Gasteiger partial charge in [-0.2, -0.15) is 0 Å². The highest BCUT2D eigenvalue weighted by atomic mass is 16.2. The molecule has 28 heavy (non-hydrogen) atoms. The molecule has 0 bridgehead atoms. The molecule has 1 aliphatic carbocycles. The first-order valence-electron chi connectivity index (χ1n) is 11.2. The van der Waals surface area contributed by atoms with Gasteiger partial charge in [-0.1, -0.05) is 13.8 Å². The van der Waals surface area contributed by atoms with Gasteiger partial charge in [0.2, 0.25) is 5.91 Å². The van der Waals surface area contributed by atoms with Crippen LogP contribution in [0.2, 0.25) is 0 Å². The topological polar surface area (TPSA) is 61.4 Å². The van der Waals surface area contributed by atoms with E-state index in [2.05, 4.69) is 38.9 Å². The first-order chi connectivity index (χ1) is 13.6. The second kappa shape index (κ2) is 8.87. The Labute approximate surface area is 169 Å². The number of likely N-dealkylation sites (tertiary alicyclic amines) is 2. The molecule has 0 aromatic carbocycles. The summed E-state index contributed by atoms with van der Waals surface area (Å²) in [7, 11) is 0. The van der Waals surface area contributed by atoms with Gasteiger partial charge in [0.05, 0.1) is 5.92 Å². The lowest BCUT2D eigenvalue weighted by Crippen LogP contribution is -2.50. The van der Waals surface area contributed by atoms with Gasteiger partial charge >= 0.3 is 0 Å². The average molecular weight is 386 g/mol. The van der Waals surface area contributed by atoms with Gasteiger partial charge in [0, 0.05) is 49.0 Å². The van der Waals surface area contributed by atoms with Crippen LogP contribution in [0.15, 0.2) is 12.4 Å². The fourth-order valence-corrected chi connectivity index (χ4v) is 4.54. The summed E-state index contributed by atoms with van der Waals surface area (Å²) in [5.74, 6) is 1.80. The van der Waals surface area contributed by atoms with Gasteiger partial charge in [-0.25, -0.2) is 9.97 Å². The summed E-state index contributed by atoms with van der Waals surface area (Å²) in [6.45, 7) is 9.53. The second-order valence-corrected chi connectivity index (χ2v) is 9.23. The van der Waals surface area contributed by atoms with E-state index in [-0.39, 0.29) is 5.92 Å². The van der Waals surface area contributed by atoms with Gasteiger partial charge in [0.1, 0.15) is 5.82 Å². The minimum absolute atomic E-state index is 0.198. The number of rotatable bonds is 6. The first-order valence-corrected chi connectivity index (χ1v) is 11.2. The molecule has 1 saturated carbocycles. The van der Waals surface area contributed by atoms with Crippen LogP contribution in [0, 0.1) is 5.92 Å². The van der Waals surface area contributed by atoms with Gasteiger partial charge in [-0.3, -0.25) is 14.6 Å². The molecule has 2 saturated heterocycles. The van der Waals surface area contributed by atoms with Crippen molar-refractivity contribution in [2.24, 2.45) is 5.92 Å². The van der Waals surface area contributed by atoms with Crippen LogP contribution in [0.1, 0.15) is 69.7 Å². The van der Waals surface area contributed by atoms with Gasteiger partial charge in [-0.15, -0.1) is 0 Å². The Balaban J connectivity index is 1.23. The Kier molecular flexibility index (Phi) is 6.26. The zero-order valence-corrected chi connectivity index (χ0v) is 17.4. The number of carbonyl (C=O) groups excluding carboxylic acids is 1. The molecule has 1 atom stereocenters. The Morgan fingerprint density at radius 1 is 1.11 bits per heavy atom. The molecule has 6 nitrogen and oxygen atoms in total. The van der Waals surface area contributed by atoms with Crippen LogP contribution < -0.4 is 5.32 Å². The van der Waals surface area contributed by atoms with Crippen molar-refractivity contribution < 1.29 is 4.79 Å². The number of amides is 1. The number of nitrogens with one attached hydrogen (secondary N) is 1. The molecule has 0 spiro atoms. The van der Waals surface area contributed by atoms with Crippen molar-refractivity contribution in [3.8, 4) is 0 Å². The van der Waals surface area contributed by atoms with Crippen LogP contribution >= 0.6 is 0 Å². The summed E-state index contributed by atoms with van der Waals surface area (Å²) in [5, 5.41) is 3.21. The minimum atomic E-state index is 0.198. The van der Waals surface area contributed by atoms with Gasteiger partial charge in [0.15, 0.2) is 0 Å². The van der Waals surface area contributed by atoms with Crippen molar-refractivity contribution in [2.45, 2.75) is 76.9 Å². The van der Waals surface area contributed by atoms with E-state index in [1.54, 1.807) is 0 Å². The number of aromatic nitrogens is 2. The van der Waals surface area contributed by atoms with Gasteiger partial charge in [0.25, 0.3) is 0 Å². The lowest BCUT2D eigenvalue weighted by molar-refractivity contribution is -0.127. The van der Waals surface area contributed by atoms with E-state index in [9.17, 15) is 4.79 Å². The largest absolute Gasteiger partial charge is 0.353 e. The van der Waals surface area contributed by atoms with Gasteiger partial charge < -0.3 is 5.32 Å². The molecule has 2 aliphatic heterocycles. The maximum atomic E-state index is 12.4. The molecule has 4 rings (SSSR count). The number of carbonyl (C=O) groups is 1. The predicted molar refractivity (Wildman–Crippen MR) is 110 cm³/mol. The van der Waals surface area contributed by atoms with Crippen molar-refractivity contribution in [1.29, 1.82) is 0 Å². The van der Waals surface area contributed by atoms with Crippen LogP contribution in [-0.4, -0.2) is 63.9 Å². The van der Waals surface area contributed by atoms with E-state index in [1.165, 1.54) is 31.2 Å². The molecular weight excluding hydrogens is 350 g/mol. The summed E-state index contributed by atoms with van der Waals surface area (Å²) in [6.07, 6.45) is 10.9. The molecule has 6 heteroatoms. The zero-order chi connectivity index (χ0) is 19.5. The predicted octanol–water partition coefficient (Wildman–Crippen LogP) is 2.56.